The molecule has 0 atom stereocenters. The molecule has 0 unspecified atom stereocenters. The molecule has 19 heavy (non-hydrogen) atoms. The molecule has 1 heterocycles. The Balaban J connectivity index is 2.33. The second-order valence-corrected chi connectivity index (χ2v) is 4.55. The SMILES string of the molecule is CC1CC(=O)N(c2ccccc2OCC#N)C(=O)C1. The number of piperidine rings is 1. The Morgan fingerprint density at radius 3 is 2.58 bits per heavy atom. The van der Waals surface area contributed by atoms with Gasteiger partial charge in [-0.25, -0.2) is 4.90 Å². The van der Waals surface area contributed by atoms with E-state index in [9.17, 15) is 9.59 Å². The highest BCUT2D eigenvalue weighted by Crippen LogP contribution is 2.32. The number of anilines is 1. The van der Waals surface area contributed by atoms with Crippen LogP contribution >= 0.6 is 0 Å². The lowest BCUT2D eigenvalue weighted by atomic mass is 9.97. The monoisotopic (exact) mass is 258 g/mol. The van der Waals surface area contributed by atoms with Crippen molar-refractivity contribution >= 4 is 17.5 Å². The molecular weight excluding hydrogens is 244 g/mol. The number of para-hydroxylation sites is 2. The van der Waals surface area contributed by atoms with E-state index in [-0.39, 0.29) is 24.3 Å². The summed E-state index contributed by atoms with van der Waals surface area (Å²) in [6.45, 7) is 1.76. The summed E-state index contributed by atoms with van der Waals surface area (Å²) >= 11 is 0. The first-order valence-corrected chi connectivity index (χ1v) is 6.08. The van der Waals surface area contributed by atoms with Crippen LogP contribution in [0.1, 0.15) is 19.8 Å². The molecule has 0 saturated carbocycles. The third kappa shape index (κ3) is 2.74. The Kier molecular flexibility index (Phi) is 3.81. The number of nitrogens with zero attached hydrogens (tertiary/aromatic N) is 2. The lowest BCUT2D eigenvalue weighted by molar-refractivity contribution is -0.130. The molecule has 2 rings (SSSR count). The minimum absolute atomic E-state index is 0.0726. The van der Waals surface area contributed by atoms with Gasteiger partial charge in [0.2, 0.25) is 11.8 Å². The summed E-state index contributed by atoms with van der Waals surface area (Å²) in [6, 6.07) is 8.62. The third-order valence-corrected chi connectivity index (χ3v) is 2.94. The van der Waals surface area contributed by atoms with E-state index >= 15 is 0 Å². The molecule has 1 aromatic carbocycles. The predicted octanol–water partition coefficient (Wildman–Crippen LogP) is 1.88. The molecule has 1 aliphatic heterocycles. The third-order valence-electron chi connectivity index (χ3n) is 2.94. The fourth-order valence-electron chi connectivity index (χ4n) is 2.13. The second-order valence-electron chi connectivity index (χ2n) is 4.55. The minimum Gasteiger partial charge on any atom is -0.477 e. The topological polar surface area (TPSA) is 70.4 Å². The Morgan fingerprint density at radius 2 is 1.95 bits per heavy atom. The van der Waals surface area contributed by atoms with Crippen molar-refractivity contribution in [3.8, 4) is 11.8 Å². The molecule has 1 aromatic rings. The van der Waals surface area contributed by atoms with Gasteiger partial charge in [-0.15, -0.1) is 0 Å². The lowest BCUT2D eigenvalue weighted by Crippen LogP contribution is -2.43. The van der Waals surface area contributed by atoms with Crippen molar-refractivity contribution in [2.24, 2.45) is 5.92 Å². The van der Waals surface area contributed by atoms with Crippen LogP contribution in [0.4, 0.5) is 5.69 Å². The molecule has 5 nitrogen and oxygen atoms in total. The molecule has 5 heteroatoms. The van der Waals surface area contributed by atoms with Crippen LogP contribution in [-0.2, 0) is 9.59 Å². The number of hydrogen-bond donors (Lipinski definition) is 0. The van der Waals surface area contributed by atoms with Crippen LogP contribution in [0.3, 0.4) is 0 Å². The van der Waals surface area contributed by atoms with E-state index in [1.807, 2.05) is 13.0 Å². The highest BCUT2D eigenvalue weighted by molar-refractivity contribution is 6.17. The van der Waals surface area contributed by atoms with Gasteiger partial charge in [-0.2, -0.15) is 5.26 Å². The van der Waals surface area contributed by atoms with Crippen LogP contribution in [-0.4, -0.2) is 18.4 Å². The first-order chi connectivity index (χ1) is 9.13. The number of ether oxygens (including phenoxy) is 1. The molecule has 0 radical (unpaired) electrons. The van der Waals surface area contributed by atoms with Gasteiger partial charge in [0, 0.05) is 12.8 Å². The van der Waals surface area contributed by atoms with Crippen molar-refractivity contribution < 1.29 is 14.3 Å². The average Bonchev–Trinajstić information content (AvgIpc) is 2.36. The van der Waals surface area contributed by atoms with Crippen LogP contribution in [0.15, 0.2) is 24.3 Å². The Bertz CT molecular complexity index is 530. The van der Waals surface area contributed by atoms with E-state index in [0.29, 0.717) is 24.3 Å². The molecule has 0 aliphatic carbocycles. The minimum atomic E-state index is -0.225. The maximum atomic E-state index is 12.0. The summed E-state index contributed by atoms with van der Waals surface area (Å²) in [5.41, 5.74) is 0.416. The summed E-state index contributed by atoms with van der Waals surface area (Å²) in [7, 11) is 0. The van der Waals surface area contributed by atoms with Gasteiger partial charge < -0.3 is 4.74 Å². The first kappa shape index (κ1) is 13.1. The number of nitriles is 1. The number of imide groups is 1. The zero-order valence-electron chi connectivity index (χ0n) is 10.6. The van der Waals surface area contributed by atoms with Crippen LogP contribution in [0.2, 0.25) is 0 Å². The summed E-state index contributed by atoms with van der Waals surface area (Å²) < 4.78 is 5.26. The van der Waals surface area contributed by atoms with Gasteiger partial charge in [0.25, 0.3) is 0 Å². The molecule has 0 bridgehead atoms. The number of hydrogen-bond acceptors (Lipinski definition) is 4. The molecule has 0 spiro atoms. The zero-order chi connectivity index (χ0) is 13.8. The van der Waals surface area contributed by atoms with E-state index in [4.69, 9.17) is 10.00 Å². The van der Waals surface area contributed by atoms with Crippen molar-refractivity contribution in [2.45, 2.75) is 19.8 Å². The molecule has 1 fully saturated rings. The highest BCUT2D eigenvalue weighted by atomic mass is 16.5. The van der Waals surface area contributed by atoms with Crippen molar-refractivity contribution in [3.63, 3.8) is 0 Å². The number of carbonyl (C=O) groups excluding carboxylic acids is 2. The van der Waals surface area contributed by atoms with Gasteiger partial charge in [0.05, 0.1) is 5.69 Å². The van der Waals surface area contributed by atoms with Gasteiger partial charge in [0.15, 0.2) is 6.61 Å². The van der Waals surface area contributed by atoms with Gasteiger partial charge in [0.1, 0.15) is 11.8 Å². The molecule has 2 amide bonds. The van der Waals surface area contributed by atoms with Crippen molar-refractivity contribution in [3.05, 3.63) is 24.3 Å². The number of carbonyl (C=O) groups is 2. The number of benzene rings is 1. The molecule has 0 N–H and O–H groups in total. The van der Waals surface area contributed by atoms with E-state index in [0.717, 1.165) is 4.90 Å². The fraction of sp³-hybridized carbons (Fsp3) is 0.357. The van der Waals surface area contributed by atoms with Crippen LogP contribution in [0.5, 0.6) is 5.75 Å². The maximum absolute atomic E-state index is 12.0. The lowest BCUT2D eigenvalue weighted by Gasteiger charge is -2.29. The Morgan fingerprint density at radius 1 is 1.32 bits per heavy atom. The van der Waals surface area contributed by atoms with Gasteiger partial charge in [-0.05, 0) is 18.1 Å². The van der Waals surface area contributed by atoms with E-state index in [2.05, 4.69) is 0 Å². The predicted molar refractivity (Wildman–Crippen MR) is 68.4 cm³/mol. The van der Waals surface area contributed by atoms with Crippen molar-refractivity contribution in [1.29, 1.82) is 5.26 Å². The Hall–Kier alpha value is -2.35. The smallest absolute Gasteiger partial charge is 0.234 e. The average molecular weight is 258 g/mol. The van der Waals surface area contributed by atoms with Crippen molar-refractivity contribution in [1.82, 2.24) is 0 Å². The maximum Gasteiger partial charge on any atom is 0.234 e. The molecule has 98 valence electrons. The van der Waals surface area contributed by atoms with Gasteiger partial charge in [-0.1, -0.05) is 19.1 Å². The van der Waals surface area contributed by atoms with Gasteiger partial charge >= 0.3 is 0 Å². The second kappa shape index (κ2) is 5.53. The summed E-state index contributed by atoms with van der Waals surface area (Å²) in [4.78, 5) is 25.2. The van der Waals surface area contributed by atoms with E-state index < -0.39 is 0 Å². The highest BCUT2D eigenvalue weighted by Gasteiger charge is 2.32. The van der Waals surface area contributed by atoms with Crippen molar-refractivity contribution in [2.75, 3.05) is 11.5 Å². The number of rotatable bonds is 3. The van der Waals surface area contributed by atoms with E-state index in [1.165, 1.54) is 0 Å². The summed E-state index contributed by atoms with van der Waals surface area (Å²) in [5, 5.41) is 8.55. The summed E-state index contributed by atoms with van der Waals surface area (Å²) in [6.07, 6.45) is 0.691. The standard InChI is InChI=1S/C14H14N2O3/c1-10-8-13(17)16(14(18)9-10)11-4-2-3-5-12(11)19-7-6-15/h2-5,10H,7-9H2,1H3. The molecular formula is C14H14N2O3. The molecule has 0 aromatic heterocycles. The van der Waals surface area contributed by atoms with Crippen LogP contribution in [0.25, 0.3) is 0 Å². The quantitative estimate of drug-likeness (QED) is 0.776. The zero-order valence-corrected chi connectivity index (χ0v) is 10.6. The van der Waals surface area contributed by atoms with Crippen LogP contribution < -0.4 is 9.64 Å². The van der Waals surface area contributed by atoms with Crippen LogP contribution in [0, 0.1) is 17.2 Å². The largest absolute Gasteiger partial charge is 0.477 e. The normalized spacial score (nSPS) is 16.3. The molecule has 1 saturated heterocycles. The fourth-order valence-corrected chi connectivity index (χ4v) is 2.13. The number of amides is 2. The summed E-state index contributed by atoms with van der Waals surface area (Å²) in [5.74, 6) is -0.00254. The van der Waals surface area contributed by atoms with Gasteiger partial charge in [-0.3, -0.25) is 9.59 Å². The molecule has 1 aliphatic rings. The Labute approximate surface area is 111 Å². The first-order valence-electron chi connectivity index (χ1n) is 6.08. The van der Waals surface area contributed by atoms with E-state index in [1.54, 1.807) is 24.3 Å².